The fourth-order valence-corrected chi connectivity index (χ4v) is 4.97. The van der Waals surface area contributed by atoms with Crippen LogP contribution in [0.4, 0.5) is 0 Å². The molecule has 0 fully saturated rings. The Labute approximate surface area is 137 Å². The first-order valence-corrected chi connectivity index (χ1v) is 8.46. The maximum absolute atomic E-state index is 2.35. The summed E-state index contributed by atoms with van der Waals surface area (Å²) in [4.78, 5) is 0. The third kappa shape index (κ3) is 1.08. The molecule has 0 radical (unpaired) electrons. The quantitative estimate of drug-likeness (QED) is 0.285. The predicted molar refractivity (Wildman–Crippen MR) is 105 cm³/mol. The van der Waals surface area contributed by atoms with Crippen LogP contribution in [0.15, 0.2) is 72.8 Å². The van der Waals surface area contributed by atoms with Crippen molar-refractivity contribution in [3.63, 3.8) is 0 Å². The van der Waals surface area contributed by atoms with Gasteiger partial charge in [-0.05, 0) is 82.8 Å². The van der Waals surface area contributed by atoms with E-state index in [4.69, 9.17) is 0 Å². The van der Waals surface area contributed by atoms with Crippen LogP contribution in [-0.4, -0.2) is 0 Å². The molecule has 7 aromatic carbocycles. The zero-order valence-electron chi connectivity index (χ0n) is 12.9. The lowest BCUT2D eigenvalue weighted by Gasteiger charge is -2.03. The second-order valence-corrected chi connectivity index (χ2v) is 6.99. The van der Waals surface area contributed by atoms with Gasteiger partial charge in [-0.3, -0.25) is 0 Å². The van der Waals surface area contributed by atoms with Crippen molar-refractivity contribution in [2.24, 2.45) is 0 Å². The van der Waals surface area contributed by atoms with Crippen LogP contribution in [0.5, 0.6) is 0 Å². The van der Waals surface area contributed by atoms with E-state index >= 15 is 0 Å². The molecule has 0 unspecified atom stereocenters. The average molecular weight is 300 g/mol. The Kier molecular flexibility index (Phi) is 1.67. The highest BCUT2D eigenvalue weighted by Crippen LogP contribution is 2.49. The van der Waals surface area contributed by atoms with Crippen molar-refractivity contribution >= 4 is 64.6 Å². The molecular formula is C24H12. The second kappa shape index (κ2) is 3.52. The monoisotopic (exact) mass is 300 g/mol. The molecule has 0 aliphatic rings. The molecule has 0 heterocycles. The minimum atomic E-state index is 1.35. The number of hydrogen-bond acceptors (Lipinski definition) is 0. The van der Waals surface area contributed by atoms with Gasteiger partial charge in [0.05, 0.1) is 0 Å². The van der Waals surface area contributed by atoms with Gasteiger partial charge in [0.15, 0.2) is 0 Å². The number of benzene rings is 1. The fourth-order valence-electron chi connectivity index (χ4n) is 4.97. The van der Waals surface area contributed by atoms with Crippen LogP contribution < -0.4 is 0 Å². The Morgan fingerprint density at radius 1 is 0.292 bits per heavy atom. The van der Waals surface area contributed by atoms with Crippen molar-refractivity contribution in [3.8, 4) is 0 Å². The van der Waals surface area contributed by atoms with Gasteiger partial charge in [-0.2, -0.15) is 0 Å². The van der Waals surface area contributed by atoms with E-state index in [1.54, 1.807) is 0 Å². The van der Waals surface area contributed by atoms with Crippen LogP contribution in [0, 0.1) is 0 Å². The third-order valence-corrected chi connectivity index (χ3v) is 5.82. The molecule has 0 atom stereocenters. The van der Waals surface area contributed by atoms with Crippen LogP contribution in [0.3, 0.4) is 0 Å². The zero-order valence-corrected chi connectivity index (χ0v) is 12.9. The molecule has 0 aliphatic carbocycles. The van der Waals surface area contributed by atoms with Gasteiger partial charge in [-0.1, -0.05) is 54.6 Å². The van der Waals surface area contributed by atoms with E-state index in [0.717, 1.165) is 0 Å². The SMILES string of the molecule is c1cc2cc3cccc4cc5cccc6cc(c1)c1c2c3c4c5c61. The Balaban J connectivity index is 2.14. The molecule has 7 aromatic rings. The summed E-state index contributed by atoms with van der Waals surface area (Å²) in [7, 11) is 0. The summed E-state index contributed by atoms with van der Waals surface area (Å²) in [5.41, 5.74) is 0. The largest absolute Gasteiger partial charge is 0.0610 e. The molecule has 24 heavy (non-hydrogen) atoms. The van der Waals surface area contributed by atoms with Crippen molar-refractivity contribution < 1.29 is 0 Å². The Bertz CT molecular complexity index is 1210. The molecule has 7 rings (SSSR count). The lowest BCUT2D eigenvalue weighted by molar-refractivity contribution is 1.92. The van der Waals surface area contributed by atoms with Gasteiger partial charge in [-0.25, -0.2) is 0 Å². The molecular weight excluding hydrogens is 288 g/mol. The second-order valence-electron chi connectivity index (χ2n) is 6.99. The van der Waals surface area contributed by atoms with E-state index in [-0.39, 0.29) is 0 Å². The standard InChI is InChI=1S/C24H12/c1-4-13-10-15-6-2-8-17-12-18-9-3-7-16-11-14(5-1)20-19(13)21(15)23(17)24(18)22(16)20/h1-12H. The maximum Gasteiger partial charge on any atom is -0.00136 e. The summed E-state index contributed by atoms with van der Waals surface area (Å²) in [5.74, 6) is 0. The molecule has 0 nitrogen and oxygen atoms in total. The molecule has 0 spiro atoms. The van der Waals surface area contributed by atoms with Gasteiger partial charge in [-0.15, -0.1) is 0 Å². The first-order valence-electron chi connectivity index (χ1n) is 8.46. The molecule has 0 aliphatic heterocycles. The average Bonchev–Trinajstić information content (AvgIpc) is 3.08. The lowest BCUT2D eigenvalue weighted by Crippen LogP contribution is -1.73. The Morgan fingerprint density at radius 3 is 0.708 bits per heavy atom. The van der Waals surface area contributed by atoms with Crippen molar-refractivity contribution in [1.29, 1.82) is 0 Å². The van der Waals surface area contributed by atoms with Crippen LogP contribution in [-0.2, 0) is 0 Å². The van der Waals surface area contributed by atoms with Gasteiger partial charge in [0, 0.05) is 0 Å². The summed E-state index contributed by atoms with van der Waals surface area (Å²) in [6.45, 7) is 0. The molecule has 0 amide bonds. The van der Waals surface area contributed by atoms with Gasteiger partial charge < -0.3 is 0 Å². The number of hydrogen-bond donors (Lipinski definition) is 0. The minimum Gasteiger partial charge on any atom is -0.0610 e. The molecule has 0 aromatic heterocycles. The van der Waals surface area contributed by atoms with E-state index in [1.807, 2.05) is 0 Å². The van der Waals surface area contributed by atoms with E-state index in [0.29, 0.717) is 0 Å². The van der Waals surface area contributed by atoms with Crippen molar-refractivity contribution in [3.05, 3.63) is 72.8 Å². The molecule has 108 valence electrons. The van der Waals surface area contributed by atoms with Gasteiger partial charge in [0.25, 0.3) is 0 Å². The zero-order chi connectivity index (χ0) is 15.4. The fraction of sp³-hybridized carbons (Fsp3) is 0. The first kappa shape index (κ1) is 11.4. The smallest absolute Gasteiger partial charge is 0.00136 e. The van der Waals surface area contributed by atoms with Gasteiger partial charge in [0.2, 0.25) is 0 Å². The highest BCUT2D eigenvalue weighted by molar-refractivity contribution is 6.46. The Hall–Kier alpha value is -3.12. The topological polar surface area (TPSA) is 0 Å². The van der Waals surface area contributed by atoms with E-state index < -0.39 is 0 Å². The summed E-state index contributed by atoms with van der Waals surface area (Å²) in [5, 5.41) is 16.7. The van der Waals surface area contributed by atoms with Crippen LogP contribution >= 0.6 is 0 Å². The lowest BCUT2D eigenvalue weighted by atomic mass is 9.99. The Morgan fingerprint density at radius 2 is 0.500 bits per heavy atom. The molecule has 0 bridgehead atoms. The number of rotatable bonds is 0. The molecule has 0 heteroatoms. The summed E-state index contributed by atoms with van der Waals surface area (Å²) in [6.07, 6.45) is 0. The van der Waals surface area contributed by atoms with Crippen LogP contribution in [0.25, 0.3) is 64.6 Å². The third-order valence-electron chi connectivity index (χ3n) is 5.82. The summed E-state index contributed by atoms with van der Waals surface area (Å²) < 4.78 is 0. The molecule has 0 saturated heterocycles. The van der Waals surface area contributed by atoms with Crippen molar-refractivity contribution in [2.45, 2.75) is 0 Å². The van der Waals surface area contributed by atoms with E-state index in [9.17, 15) is 0 Å². The minimum absolute atomic E-state index is 1.35. The molecule has 0 saturated carbocycles. The van der Waals surface area contributed by atoms with E-state index in [2.05, 4.69) is 72.8 Å². The van der Waals surface area contributed by atoms with E-state index in [1.165, 1.54) is 64.6 Å². The van der Waals surface area contributed by atoms with Crippen LogP contribution in [0.1, 0.15) is 0 Å². The predicted octanol–water partition coefficient (Wildman–Crippen LogP) is 6.92. The normalized spacial score (nSPS) is 13.0. The van der Waals surface area contributed by atoms with Gasteiger partial charge in [0.1, 0.15) is 0 Å². The summed E-state index contributed by atoms with van der Waals surface area (Å²) >= 11 is 0. The summed E-state index contributed by atoms with van der Waals surface area (Å²) in [6, 6.07) is 27.3. The highest BCUT2D eigenvalue weighted by atomic mass is 14.2. The maximum atomic E-state index is 2.35. The van der Waals surface area contributed by atoms with Crippen molar-refractivity contribution in [1.82, 2.24) is 0 Å². The van der Waals surface area contributed by atoms with Crippen LogP contribution in [0.2, 0.25) is 0 Å². The molecule has 0 N–H and O–H groups in total. The first-order chi connectivity index (χ1) is 11.9. The highest BCUT2D eigenvalue weighted by Gasteiger charge is 2.20. The van der Waals surface area contributed by atoms with Crippen molar-refractivity contribution in [2.75, 3.05) is 0 Å². The van der Waals surface area contributed by atoms with Gasteiger partial charge >= 0.3 is 0 Å².